The normalized spacial score (nSPS) is 11.6. The SMILES string of the molecule is COc1ccc(OC)c(NC(=O)C(C)Sc2nc(C)c(Cc3ccccc3)c(=O)[nH]2)c1. The molecule has 0 saturated heterocycles. The van der Waals surface area contributed by atoms with E-state index in [2.05, 4.69) is 15.3 Å². The quantitative estimate of drug-likeness (QED) is 0.410. The zero-order valence-corrected chi connectivity index (χ0v) is 18.7. The first-order valence-electron chi connectivity index (χ1n) is 9.74. The Hall–Kier alpha value is -3.26. The fourth-order valence-electron chi connectivity index (χ4n) is 3.02. The number of amides is 1. The van der Waals surface area contributed by atoms with Crippen LogP contribution in [0.5, 0.6) is 11.5 Å². The summed E-state index contributed by atoms with van der Waals surface area (Å²) in [5, 5.41) is 2.75. The molecule has 0 aliphatic rings. The van der Waals surface area contributed by atoms with Gasteiger partial charge >= 0.3 is 0 Å². The van der Waals surface area contributed by atoms with Gasteiger partial charge in [0.05, 0.1) is 25.2 Å². The van der Waals surface area contributed by atoms with E-state index in [1.165, 1.54) is 18.9 Å². The Balaban J connectivity index is 1.72. The zero-order chi connectivity index (χ0) is 22.4. The standard InChI is InChI=1S/C23H25N3O4S/c1-14-18(12-16-8-6-5-7-9-16)22(28)26-23(24-14)31-15(2)21(27)25-19-13-17(29-3)10-11-20(19)30-4/h5-11,13,15H,12H2,1-4H3,(H,25,27)(H,24,26,28). The molecule has 2 N–H and O–H groups in total. The number of H-pyrrole nitrogens is 1. The maximum Gasteiger partial charge on any atom is 0.255 e. The third-order valence-corrected chi connectivity index (χ3v) is 5.73. The molecule has 2 aromatic carbocycles. The Morgan fingerprint density at radius 1 is 1.16 bits per heavy atom. The van der Waals surface area contributed by atoms with Crippen molar-refractivity contribution < 1.29 is 14.3 Å². The number of anilines is 1. The molecule has 1 heterocycles. The highest BCUT2D eigenvalue weighted by Crippen LogP contribution is 2.30. The minimum atomic E-state index is -0.501. The van der Waals surface area contributed by atoms with Crippen LogP contribution in [0.1, 0.15) is 23.7 Å². The number of hydrogen-bond acceptors (Lipinski definition) is 6. The highest BCUT2D eigenvalue weighted by atomic mass is 32.2. The van der Waals surface area contributed by atoms with Crippen LogP contribution in [0.2, 0.25) is 0 Å². The summed E-state index contributed by atoms with van der Waals surface area (Å²) >= 11 is 1.19. The molecule has 0 saturated carbocycles. The van der Waals surface area contributed by atoms with Gasteiger partial charge in [-0.25, -0.2) is 4.98 Å². The van der Waals surface area contributed by atoms with E-state index in [9.17, 15) is 9.59 Å². The van der Waals surface area contributed by atoms with Gasteiger partial charge < -0.3 is 19.8 Å². The highest BCUT2D eigenvalue weighted by Gasteiger charge is 2.19. The van der Waals surface area contributed by atoms with Gasteiger partial charge in [-0.05, 0) is 31.5 Å². The number of ether oxygens (including phenoxy) is 2. The maximum absolute atomic E-state index is 12.7. The summed E-state index contributed by atoms with van der Waals surface area (Å²) in [5.41, 5.74) is 2.63. The monoisotopic (exact) mass is 439 g/mol. The molecule has 31 heavy (non-hydrogen) atoms. The van der Waals surface area contributed by atoms with E-state index in [-0.39, 0.29) is 11.5 Å². The minimum absolute atomic E-state index is 0.194. The zero-order valence-electron chi connectivity index (χ0n) is 17.9. The van der Waals surface area contributed by atoms with Gasteiger partial charge in [0.15, 0.2) is 5.16 Å². The second kappa shape index (κ2) is 10.2. The van der Waals surface area contributed by atoms with Crippen LogP contribution in [0.25, 0.3) is 0 Å². The Morgan fingerprint density at radius 2 is 1.90 bits per heavy atom. The van der Waals surface area contributed by atoms with Crippen molar-refractivity contribution in [3.63, 3.8) is 0 Å². The molecule has 0 fully saturated rings. The highest BCUT2D eigenvalue weighted by molar-refractivity contribution is 8.00. The van der Waals surface area contributed by atoms with E-state index < -0.39 is 5.25 Å². The number of aryl methyl sites for hydroxylation is 1. The van der Waals surface area contributed by atoms with E-state index in [1.54, 1.807) is 32.2 Å². The number of rotatable bonds is 8. The van der Waals surface area contributed by atoms with Gasteiger partial charge in [-0.15, -0.1) is 0 Å². The summed E-state index contributed by atoms with van der Waals surface area (Å²) in [6.07, 6.45) is 0.506. The number of carbonyl (C=O) groups excluding carboxylic acids is 1. The van der Waals surface area contributed by atoms with Crippen molar-refractivity contribution >= 4 is 23.4 Å². The van der Waals surface area contributed by atoms with Crippen molar-refractivity contribution in [1.82, 2.24) is 9.97 Å². The van der Waals surface area contributed by atoms with E-state index in [0.29, 0.717) is 40.0 Å². The number of nitrogens with zero attached hydrogens (tertiary/aromatic N) is 1. The summed E-state index contributed by atoms with van der Waals surface area (Å²) in [6, 6.07) is 14.9. The van der Waals surface area contributed by atoms with Crippen LogP contribution in [0.4, 0.5) is 5.69 Å². The molecular weight excluding hydrogens is 414 g/mol. The van der Waals surface area contributed by atoms with Crippen LogP contribution >= 0.6 is 11.8 Å². The van der Waals surface area contributed by atoms with Crippen LogP contribution < -0.4 is 20.3 Å². The summed E-state index contributed by atoms with van der Waals surface area (Å²) in [7, 11) is 3.09. The third kappa shape index (κ3) is 5.67. The lowest BCUT2D eigenvalue weighted by Crippen LogP contribution is -2.24. The molecule has 0 aliphatic heterocycles. The van der Waals surface area contributed by atoms with E-state index in [1.807, 2.05) is 37.3 Å². The van der Waals surface area contributed by atoms with E-state index in [4.69, 9.17) is 9.47 Å². The predicted molar refractivity (Wildman–Crippen MR) is 122 cm³/mol. The molecular formula is C23H25N3O4S. The molecule has 1 unspecified atom stereocenters. The largest absolute Gasteiger partial charge is 0.497 e. The minimum Gasteiger partial charge on any atom is -0.497 e. The summed E-state index contributed by atoms with van der Waals surface area (Å²) < 4.78 is 10.5. The van der Waals surface area contributed by atoms with Crippen molar-refractivity contribution in [2.45, 2.75) is 30.7 Å². The number of carbonyl (C=O) groups is 1. The molecule has 3 aromatic rings. The summed E-state index contributed by atoms with van der Waals surface area (Å²) in [6.45, 7) is 3.56. The molecule has 8 heteroatoms. The average molecular weight is 440 g/mol. The number of hydrogen-bond donors (Lipinski definition) is 2. The number of nitrogens with one attached hydrogen (secondary N) is 2. The van der Waals surface area contributed by atoms with Gasteiger partial charge in [-0.1, -0.05) is 42.1 Å². The van der Waals surface area contributed by atoms with Crippen molar-refractivity contribution in [3.05, 3.63) is 75.7 Å². The third-order valence-electron chi connectivity index (χ3n) is 4.75. The predicted octanol–water partition coefficient (Wildman–Crippen LogP) is 3.81. The van der Waals surface area contributed by atoms with Gasteiger partial charge in [0.25, 0.3) is 5.56 Å². The van der Waals surface area contributed by atoms with Crippen molar-refractivity contribution in [1.29, 1.82) is 0 Å². The second-order valence-corrected chi connectivity index (χ2v) is 8.24. The molecule has 162 valence electrons. The van der Waals surface area contributed by atoms with Crippen molar-refractivity contribution in [2.75, 3.05) is 19.5 Å². The lowest BCUT2D eigenvalue weighted by Gasteiger charge is -2.15. The van der Waals surface area contributed by atoms with Gasteiger partial charge in [0.1, 0.15) is 11.5 Å². The van der Waals surface area contributed by atoms with Crippen LogP contribution in [-0.2, 0) is 11.2 Å². The number of methoxy groups -OCH3 is 2. The van der Waals surface area contributed by atoms with E-state index >= 15 is 0 Å². The molecule has 7 nitrogen and oxygen atoms in total. The fourth-order valence-corrected chi connectivity index (χ4v) is 3.86. The lowest BCUT2D eigenvalue weighted by atomic mass is 10.1. The molecule has 0 bridgehead atoms. The Bertz CT molecular complexity index is 1120. The van der Waals surface area contributed by atoms with Gasteiger partial charge in [0.2, 0.25) is 5.91 Å². The summed E-state index contributed by atoms with van der Waals surface area (Å²) in [4.78, 5) is 32.6. The Morgan fingerprint density at radius 3 is 2.55 bits per heavy atom. The first-order chi connectivity index (χ1) is 14.9. The molecule has 0 radical (unpaired) electrons. The Kier molecular flexibility index (Phi) is 7.36. The van der Waals surface area contributed by atoms with Crippen LogP contribution in [0.3, 0.4) is 0 Å². The number of thioether (sulfide) groups is 1. The number of aromatic amines is 1. The molecule has 1 atom stereocenters. The summed E-state index contributed by atoms with van der Waals surface area (Å²) in [5.74, 6) is 0.885. The van der Waals surface area contributed by atoms with E-state index in [0.717, 1.165) is 5.56 Å². The van der Waals surface area contributed by atoms with Gasteiger partial charge in [0, 0.05) is 23.7 Å². The second-order valence-electron chi connectivity index (χ2n) is 6.91. The fraction of sp³-hybridized carbons (Fsp3) is 0.261. The first kappa shape index (κ1) is 22.4. The van der Waals surface area contributed by atoms with Crippen molar-refractivity contribution in [3.8, 4) is 11.5 Å². The molecule has 0 aliphatic carbocycles. The molecule has 3 rings (SSSR count). The Labute approximate surface area is 185 Å². The van der Waals surface area contributed by atoms with Crippen molar-refractivity contribution in [2.24, 2.45) is 0 Å². The number of aromatic nitrogens is 2. The van der Waals surface area contributed by atoms with Crippen LogP contribution in [0, 0.1) is 6.92 Å². The molecule has 1 aromatic heterocycles. The molecule has 1 amide bonds. The topological polar surface area (TPSA) is 93.3 Å². The number of benzene rings is 2. The van der Waals surface area contributed by atoms with Gasteiger partial charge in [-0.2, -0.15) is 0 Å². The van der Waals surface area contributed by atoms with Crippen LogP contribution in [0.15, 0.2) is 58.5 Å². The maximum atomic E-state index is 12.7. The van der Waals surface area contributed by atoms with Crippen LogP contribution in [-0.4, -0.2) is 35.3 Å². The average Bonchev–Trinajstić information content (AvgIpc) is 2.76. The lowest BCUT2D eigenvalue weighted by molar-refractivity contribution is -0.115. The smallest absolute Gasteiger partial charge is 0.255 e. The molecule has 0 spiro atoms. The van der Waals surface area contributed by atoms with Gasteiger partial charge in [-0.3, -0.25) is 9.59 Å². The first-order valence-corrected chi connectivity index (χ1v) is 10.6.